The molecule has 1 heterocycles. The summed E-state index contributed by atoms with van der Waals surface area (Å²) in [4.78, 5) is 12.3. The van der Waals surface area contributed by atoms with E-state index in [0.717, 1.165) is 25.7 Å². The summed E-state index contributed by atoms with van der Waals surface area (Å²) in [7, 11) is -3.87. The molecule has 0 saturated heterocycles. The first-order valence-corrected chi connectivity index (χ1v) is 9.86. The predicted octanol–water partition coefficient (Wildman–Crippen LogP) is 2.63. The minimum Gasteiger partial charge on any atom is -0.448 e. The lowest BCUT2D eigenvalue weighted by Gasteiger charge is -2.21. The number of amides is 1. The second kappa shape index (κ2) is 6.00. The monoisotopic (exact) mass is 374 g/mol. The highest BCUT2D eigenvalue weighted by molar-refractivity contribution is 7.89. The molecular weight excluding hydrogens is 356 g/mol. The lowest BCUT2D eigenvalue weighted by atomic mass is 10.2. The van der Waals surface area contributed by atoms with Crippen LogP contribution in [0.15, 0.2) is 47.4 Å². The minimum absolute atomic E-state index is 0.112. The van der Waals surface area contributed by atoms with Crippen molar-refractivity contribution in [2.45, 2.75) is 36.4 Å². The van der Waals surface area contributed by atoms with Gasteiger partial charge in [0, 0.05) is 30.2 Å². The highest BCUT2D eigenvalue weighted by Crippen LogP contribution is 2.47. The number of hydrogen-bond acceptors (Lipinski definition) is 5. The van der Waals surface area contributed by atoms with Gasteiger partial charge in [-0.15, -0.1) is 0 Å². The first kappa shape index (κ1) is 16.9. The maximum atomic E-state index is 12.4. The number of carbonyl (C=O) groups excluding carboxylic acids is 1. The molecule has 26 heavy (non-hydrogen) atoms. The number of nitrogens with one attached hydrogen (secondary N) is 1. The van der Waals surface area contributed by atoms with Crippen LogP contribution in [0.25, 0.3) is 0 Å². The summed E-state index contributed by atoms with van der Waals surface area (Å²) in [5, 5.41) is 7.84. The first-order chi connectivity index (χ1) is 12.3. The molecule has 8 heteroatoms. The van der Waals surface area contributed by atoms with Crippen molar-refractivity contribution in [3.63, 3.8) is 0 Å². The van der Waals surface area contributed by atoms with Crippen LogP contribution < -0.4 is 19.9 Å². The van der Waals surface area contributed by atoms with Gasteiger partial charge in [-0.05, 0) is 43.2 Å². The van der Waals surface area contributed by atoms with Crippen LogP contribution in [-0.4, -0.2) is 20.1 Å². The second-order valence-corrected chi connectivity index (χ2v) is 8.07. The highest BCUT2D eigenvalue weighted by Gasteiger charge is 2.44. The second-order valence-electron chi connectivity index (χ2n) is 6.51. The van der Waals surface area contributed by atoms with Gasteiger partial charge in [-0.2, -0.15) is 0 Å². The van der Waals surface area contributed by atoms with Gasteiger partial charge < -0.3 is 14.8 Å². The molecule has 0 aromatic heterocycles. The number of carbonyl (C=O) groups is 1. The number of benzene rings is 2. The molecule has 2 aliphatic rings. The Balaban J connectivity index is 1.53. The molecule has 1 aliphatic heterocycles. The van der Waals surface area contributed by atoms with Gasteiger partial charge in [-0.3, -0.25) is 4.79 Å². The normalized spacial score (nSPS) is 17.4. The third-order valence-electron chi connectivity index (χ3n) is 4.58. The summed E-state index contributed by atoms with van der Waals surface area (Å²) in [6.45, 7) is 0. The lowest BCUT2D eigenvalue weighted by Crippen LogP contribution is -2.34. The number of nitrogens with two attached hydrogens (primary N) is 1. The van der Waals surface area contributed by atoms with Gasteiger partial charge in [0.05, 0.1) is 4.90 Å². The van der Waals surface area contributed by atoms with Crippen molar-refractivity contribution in [3.05, 3.63) is 48.0 Å². The topological polar surface area (TPSA) is 108 Å². The fourth-order valence-electron chi connectivity index (χ4n) is 3.31. The molecule has 2 aromatic rings. The third-order valence-corrected chi connectivity index (χ3v) is 5.49. The molecule has 4 rings (SSSR count). The van der Waals surface area contributed by atoms with E-state index in [4.69, 9.17) is 14.6 Å². The molecule has 1 aliphatic carbocycles. The van der Waals surface area contributed by atoms with Crippen molar-refractivity contribution in [2.24, 2.45) is 5.14 Å². The average molecular weight is 374 g/mol. The fourth-order valence-corrected chi connectivity index (χ4v) is 3.87. The molecule has 136 valence electrons. The van der Waals surface area contributed by atoms with E-state index in [1.807, 2.05) is 0 Å². The molecule has 3 N–H and O–H groups in total. The molecular formula is C18H18N2O5S. The van der Waals surface area contributed by atoms with E-state index in [1.54, 1.807) is 18.2 Å². The maximum absolute atomic E-state index is 12.4. The molecule has 0 radical (unpaired) electrons. The Morgan fingerprint density at radius 2 is 1.77 bits per heavy atom. The fraction of sp³-hybridized carbons (Fsp3) is 0.278. The van der Waals surface area contributed by atoms with Crippen LogP contribution in [0.4, 0.5) is 5.69 Å². The molecule has 0 unspecified atom stereocenters. The highest BCUT2D eigenvalue weighted by atomic mass is 32.2. The van der Waals surface area contributed by atoms with Gasteiger partial charge in [0.2, 0.25) is 10.0 Å². The van der Waals surface area contributed by atoms with E-state index in [2.05, 4.69) is 5.32 Å². The SMILES string of the molecule is NS(=O)(=O)c1cccc(C(=O)Nc2ccc3c(c2)OC2(CCCC2)O3)c1. The van der Waals surface area contributed by atoms with Gasteiger partial charge in [0.25, 0.3) is 11.7 Å². The molecule has 0 bridgehead atoms. The van der Waals surface area contributed by atoms with E-state index < -0.39 is 21.7 Å². The number of fused-ring (bicyclic) bond motifs is 1. The van der Waals surface area contributed by atoms with E-state index in [1.165, 1.54) is 24.3 Å². The van der Waals surface area contributed by atoms with Crippen LogP contribution in [0.2, 0.25) is 0 Å². The Kier molecular flexibility index (Phi) is 3.89. The van der Waals surface area contributed by atoms with E-state index in [0.29, 0.717) is 17.2 Å². The number of sulfonamides is 1. The van der Waals surface area contributed by atoms with E-state index in [9.17, 15) is 13.2 Å². The van der Waals surface area contributed by atoms with Crippen LogP contribution in [0, 0.1) is 0 Å². The van der Waals surface area contributed by atoms with Gasteiger partial charge in [0.15, 0.2) is 11.5 Å². The van der Waals surface area contributed by atoms with Crippen molar-refractivity contribution < 1.29 is 22.7 Å². The minimum atomic E-state index is -3.87. The number of rotatable bonds is 3. The zero-order valence-electron chi connectivity index (χ0n) is 13.9. The number of primary sulfonamides is 1. The summed E-state index contributed by atoms with van der Waals surface area (Å²) in [5.41, 5.74) is 0.731. The molecule has 1 fully saturated rings. The maximum Gasteiger partial charge on any atom is 0.255 e. The molecule has 1 amide bonds. The van der Waals surface area contributed by atoms with E-state index in [-0.39, 0.29) is 10.5 Å². The standard InChI is InChI=1S/C18H18N2O5S/c19-26(22,23)14-5-3-4-12(10-14)17(21)20-13-6-7-15-16(11-13)25-18(24-15)8-1-2-9-18/h3-7,10-11H,1-2,8-9H2,(H,20,21)(H2,19,22,23). The van der Waals surface area contributed by atoms with Crippen molar-refractivity contribution >= 4 is 21.6 Å². The van der Waals surface area contributed by atoms with Crippen LogP contribution in [0.1, 0.15) is 36.0 Å². The van der Waals surface area contributed by atoms with Gasteiger partial charge in [0.1, 0.15) is 0 Å². The van der Waals surface area contributed by atoms with Crippen LogP contribution in [0.5, 0.6) is 11.5 Å². The zero-order chi connectivity index (χ0) is 18.4. The quantitative estimate of drug-likeness (QED) is 0.859. The Morgan fingerprint density at radius 3 is 2.50 bits per heavy atom. The van der Waals surface area contributed by atoms with Crippen molar-refractivity contribution in [2.75, 3.05) is 5.32 Å². The Labute approximate surface area is 151 Å². The van der Waals surface area contributed by atoms with Gasteiger partial charge in [-0.1, -0.05) is 6.07 Å². The Hall–Kier alpha value is -2.58. The molecule has 1 saturated carbocycles. The Morgan fingerprint density at radius 1 is 1.04 bits per heavy atom. The third kappa shape index (κ3) is 3.13. The molecule has 1 spiro atoms. The summed E-state index contributed by atoms with van der Waals surface area (Å²) in [6, 6.07) is 10.8. The first-order valence-electron chi connectivity index (χ1n) is 8.31. The van der Waals surface area contributed by atoms with Gasteiger partial charge in [-0.25, -0.2) is 13.6 Å². The van der Waals surface area contributed by atoms with E-state index >= 15 is 0 Å². The van der Waals surface area contributed by atoms with Crippen molar-refractivity contribution in [3.8, 4) is 11.5 Å². The Bertz CT molecular complexity index is 981. The summed E-state index contributed by atoms with van der Waals surface area (Å²) in [6.07, 6.45) is 3.84. The van der Waals surface area contributed by atoms with Crippen molar-refractivity contribution in [1.29, 1.82) is 0 Å². The van der Waals surface area contributed by atoms with Crippen LogP contribution >= 0.6 is 0 Å². The molecule has 7 nitrogen and oxygen atoms in total. The van der Waals surface area contributed by atoms with Crippen molar-refractivity contribution in [1.82, 2.24) is 0 Å². The molecule has 2 aromatic carbocycles. The number of anilines is 1. The number of ether oxygens (including phenoxy) is 2. The number of hydrogen-bond donors (Lipinski definition) is 2. The van der Waals surface area contributed by atoms with Crippen LogP contribution in [0.3, 0.4) is 0 Å². The smallest absolute Gasteiger partial charge is 0.255 e. The lowest BCUT2D eigenvalue weighted by molar-refractivity contribution is -0.0716. The summed E-state index contributed by atoms with van der Waals surface area (Å²) < 4.78 is 34.8. The summed E-state index contributed by atoms with van der Waals surface area (Å²) in [5.74, 6) is 0.267. The average Bonchev–Trinajstić information content (AvgIpc) is 3.20. The zero-order valence-corrected chi connectivity index (χ0v) is 14.7. The van der Waals surface area contributed by atoms with Gasteiger partial charge >= 0.3 is 0 Å². The molecule has 0 atom stereocenters. The predicted molar refractivity (Wildman–Crippen MR) is 94.7 cm³/mol. The van der Waals surface area contributed by atoms with Crippen LogP contribution in [-0.2, 0) is 10.0 Å². The largest absolute Gasteiger partial charge is 0.448 e. The summed E-state index contributed by atoms with van der Waals surface area (Å²) >= 11 is 0.